The summed E-state index contributed by atoms with van der Waals surface area (Å²) in [5.74, 6) is 1.63. The summed E-state index contributed by atoms with van der Waals surface area (Å²) in [6, 6.07) is 9.58. The predicted molar refractivity (Wildman–Crippen MR) is 74.8 cm³/mol. The summed E-state index contributed by atoms with van der Waals surface area (Å²) >= 11 is 0. The minimum Gasteiger partial charge on any atom is -0.373 e. The van der Waals surface area contributed by atoms with Crippen molar-refractivity contribution >= 4 is 11.6 Å². The van der Waals surface area contributed by atoms with Crippen molar-refractivity contribution in [2.45, 2.75) is 13.5 Å². The number of nitrogens with one attached hydrogen (secondary N) is 2. The monoisotopic (exact) mass is 253 g/mol. The smallest absolute Gasteiger partial charge is 0.134 e. The Morgan fingerprint density at radius 3 is 2.47 bits per heavy atom. The molecule has 0 amide bonds. The fraction of sp³-hybridized carbons (Fsp3) is 0.214. The number of hydrogen-bond donors (Lipinski definition) is 2. The van der Waals surface area contributed by atoms with Gasteiger partial charge in [0.1, 0.15) is 18.0 Å². The van der Waals surface area contributed by atoms with Gasteiger partial charge in [-0.15, -0.1) is 0 Å². The van der Waals surface area contributed by atoms with Crippen molar-refractivity contribution in [3.05, 3.63) is 47.3 Å². The molecule has 0 aliphatic rings. The first kappa shape index (κ1) is 12.8. The molecule has 2 aromatic rings. The van der Waals surface area contributed by atoms with Gasteiger partial charge in [-0.05, 0) is 24.6 Å². The lowest BCUT2D eigenvalue weighted by molar-refractivity contribution is 1.06. The van der Waals surface area contributed by atoms with Crippen LogP contribution >= 0.6 is 0 Å². The van der Waals surface area contributed by atoms with Crippen LogP contribution in [0.3, 0.4) is 0 Å². The number of benzene rings is 1. The number of anilines is 2. The molecule has 0 saturated carbocycles. The number of hydrogen-bond acceptors (Lipinski definition) is 5. The van der Waals surface area contributed by atoms with Crippen LogP contribution in [0, 0.1) is 18.3 Å². The maximum atomic E-state index is 8.74. The number of aromatic nitrogens is 2. The largest absolute Gasteiger partial charge is 0.373 e. The fourth-order valence-electron chi connectivity index (χ4n) is 1.76. The average Bonchev–Trinajstić information content (AvgIpc) is 2.47. The van der Waals surface area contributed by atoms with Crippen LogP contribution in [0.5, 0.6) is 0 Å². The Bertz CT molecular complexity index is 598. The molecule has 1 aromatic carbocycles. The van der Waals surface area contributed by atoms with Crippen molar-refractivity contribution in [2.24, 2.45) is 0 Å². The zero-order valence-corrected chi connectivity index (χ0v) is 10.9. The van der Waals surface area contributed by atoms with Gasteiger partial charge in [0.15, 0.2) is 0 Å². The molecular formula is C14H15N5. The first-order valence-electron chi connectivity index (χ1n) is 5.97. The van der Waals surface area contributed by atoms with Gasteiger partial charge in [-0.2, -0.15) is 5.26 Å². The van der Waals surface area contributed by atoms with Gasteiger partial charge in [0.25, 0.3) is 0 Å². The summed E-state index contributed by atoms with van der Waals surface area (Å²) in [4.78, 5) is 8.36. The van der Waals surface area contributed by atoms with Crippen LogP contribution in [-0.2, 0) is 6.54 Å². The third-order valence-corrected chi connectivity index (χ3v) is 2.86. The van der Waals surface area contributed by atoms with Crippen LogP contribution in [0.2, 0.25) is 0 Å². The molecule has 0 aliphatic carbocycles. The minimum absolute atomic E-state index is 0.659. The molecule has 0 bridgehead atoms. The van der Waals surface area contributed by atoms with Crippen LogP contribution in [0.25, 0.3) is 0 Å². The molecule has 0 unspecified atom stereocenters. The van der Waals surface area contributed by atoms with Crippen LogP contribution in [0.15, 0.2) is 30.6 Å². The molecule has 0 fully saturated rings. The van der Waals surface area contributed by atoms with E-state index >= 15 is 0 Å². The third-order valence-electron chi connectivity index (χ3n) is 2.86. The molecular weight excluding hydrogens is 238 g/mol. The second kappa shape index (κ2) is 5.83. The average molecular weight is 253 g/mol. The van der Waals surface area contributed by atoms with Gasteiger partial charge < -0.3 is 10.6 Å². The zero-order chi connectivity index (χ0) is 13.7. The molecule has 5 nitrogen and oxygen atoms in total. The van der Waals surface area contributed by atoms with E-state index in [9.17, 15) is 0 Å². The van der Waals surface area contributed by atoms with Crippen molar-refractivity contribution < 1.29 is 0 Å². The van der Waals surface area contributed by atoms with Crippen molar-refractivity contribution in [3.8, 4) is 6.07 Å². The maximum Gasteiger partial charge on any atom is 0.134 e. The zero-order valence-electron chi connectivity index (χ0n) is 10.9. The molecule has 0 radical (unpaired) electrons. The van der Waals surface area contributed by atoms with Crippen LogP contribution in [0.1, 0.15) is 16.7 Å². The summed E-state index contributed by atoms with van der Waals surface area (Å²) in [6.07, 6.45) is 1.53. The van der Waals surface area contributed by atoms with Gasteiger partial charge >= 0.3 is 0 Å². The molecule has 5 heteroatoms. The molecule has 0 atom stereocenters. The standard InChI is InChI=1S/C14H15N5/c1-10-13(16-2)18-9-19-14(10)17-8-12-5-3-11(7-15)4-6-12/h3-6,9H,8H2,1-2H3,(H2,16,17,18,19). The summed E-state index contributed by atoms with van der Waals surface area (Å²) < 4.78 is 0. The number of nitriles is 1. The first-order chi connectivity index (χ1) is 9.24. The van der Waals surface area contributed by atoms with E-state index in [-0.39, 0.29) is 0 Å². The minimum atomic E-state index is 0.659. The summed E-state index contributed by atoms with van der Waals surface area (Å²) in [6.45, 7) is 2.62. The predicted octanol–water partition coefficient (Wildman–Crippen LogP) is 2.31. The van der Waals surface area contributed by atoms with Gasteiger partial charge in [-0.3, -0.25) is 0 Å². The van der Waals surface area contributed by atoms with Gasteiger partial charge in [0.2, 0.25) is 0 Å². The molecule has 19 heavy (non-hydrogen) atoms. The Hall–Kier alpha value is -2.61. The first-order valence-corrected chi connectivity index (χ1v) is 5.97. The van der Waals surface area contributed by atoms with E-state index in [1.165, 1.54) is 6.33 Å². The Kier molecular flexibility index (Phi) is 3.94. The van der Waals surface area contributed by atoms with Gasteiger partial charge in [0.05, 0.1) is 11.6 Å². The number of nitrogens with zero attached hydrogens (tertiary/aromatic N) is 3. The molecule has 0 aliphatic heterocycles. The highest BCUT2D eigenvalue weighted by molar-refractivity contribution is 5.56. The highest BCUT2D eigenvalue weighted by Crippen LogP contribution is 2.18. The van der Waals surface area contributed by atoms with Gasteiger partial charge in [0, 0.05) is 19.2 Å². The van der Waals surface area contributed by atoms with E-state index in [2.05, 4.69) is 26.7 Å². The van der Waals surface area contributed by atoms with E-state index < -0.39 is 0 Å². The van der Waals surface area contributed by atoms with E-state index in [0.717, 1.165) is 22.8 Å². The molecule has 96 valence electrons. The SMILES string of the molecule is CNc1ncnc(NCc2ccc(C#N)cc2)c1C. The highest BCUT2D eigenvalue weighted by Gasteiger charge is 2.04. The fourth-order valence-corrected chi connectivity index (χ4v) is 1.76. The second-order valence-corrected chi connectivity index (χ2v) is 4.11. The Balaban J connectivity index is 2.08. The van der Waals surface area contributed by atoms with Crippen molar-refractivity contribution in [3.63, 3.8) is 0 Å². The quantitative estimate of drug-likeness (QED) is 0.874. The third kappa shape index (κ3) is 2.99. The normalized spacial score (nSPS) is 9.74. The highest BCUT2D eigenvalue weighted by atomic mass is 15.1. The van der Waals surface area contributed by atoms with Crippen LogP contribution in [0.4, 0.5) is 11.6 Å². The molecule has 0 saturated heterocycles. The van der Waals surface area contributed by atoms with Gasteiger partial charge in [-0.25, -0.2) is 9.97 Å². The molecule has 2 N–H and O–H groups in total. The Labute approximate surface area is 112 Å². The topological polar surface area (TPSA) is 73.6 Å². The Morgan fingerprint density at radius 1 is 1.16 bits per heavy atom. The molecule has 1 aromatic heterocycles. The van der Waals surface area contributed by atoms with Crippen molar-refractivity contribution in [1.29, 1.82) is 5.26 Å². The second-order valence-electron chi connectivity index (χ2n) is 4.11. The molecule has 0 spiro atoms. The number of rotatable bonds is 4. The van der Waals surface area contributed by atoms with Crippen molar-refractivity contribution in [1.82, 2.24) is 9.97 Å². The molecule has 2 rings (SSSR count). The van der Waals surface area contributed by atoms with E-state index in [4.69, 9.17) is 5.26 Å². The van der Waals surface area contributed by atoms with Crippen LogP contribution < -0.4 is 10.6 Å². The lowest BCUT2D eigenvalue weighted by Gasteiger charge is -2.11. The maximum absolute atomic E-state index is 8.74. The summed E-state index contributed by atoms with van der Waals surface area (Å²) in [5, 5.41) is 15.0. The van der Waals surface area contributed by atoms with E-state index in [1.54, 1.807) is 0 Å². The van der Waals surface area contributed by atoms with Crippen molar-refractivity contribution in [2.75, 3.05) is 17.7 Å². The lowest BCUT2D eigenvalue weighted by Crippen LogP contribution is -2.06. The molecule has 1 heterocycles. The Morgan fingerprint density at radius 2 is 1.84 bits per heavy atom. The van der Waals surface area contributed by atoms with E-state index in [1.807, 2.05) is 38.2 Å². The van der Waals surface area contributed by atoms with Crippen LogP contribution in [-0.4, -0.2) is 17.0 Å². The lowest BCUT2D eigenvalue weighted by atomic mass is 10.1. The summed E-state index contributed by atoms with van der Waals surface area (Å²) in [7, 11) is 1.83. The summed E-state index contributed by atoms with van der Waals surface area (Å²) in [5.41, 5.74) is 2.75. The van der Waals surface area contributed by atoms with Gasteiger partial charge in [-0.1, -0.05) is 12.1 Å². The van der Waals surface area contributed by atoms with E-state index in [0.29, 0.717) is 12.1 Å².